The van der Waals surface area contributed by atoms with Gasteiger partial charge < -0.3 is 10.2 Å². The Labute approximate surface area is 94.4 Å². The van der Waals surface area contributed by atoms with E-state index in [0.717, 1.165) is 5.92 Å². The zero-order chi connectivity index (χ0) is 10.7. The Hall–Kier alpha value is -0.0800. The van der Waals surface area contributed by atoms with Gasteiger partial charge in [-0.2, -0.15) is 0 Å². The van der Waals surface area contributed by atoms with Crippen molar-refractivity contribution in [3.63, 3.8) is 0 Å². The molecule has 2 heterocycles. The minimum atomic E-state index is 0.471. The molecule has 0 amide bonds. The van der Waals surface area contributed by atoms with Crippen molar-refractivity contribution in [2.45, 2.75) is 51.5 Å². The summed E-state index contributed by atoms with van der Waals surface area (Å²) in [4.78, 5) is 2.68. The van der Waals surface area contributed by atoms with Crippen LogP contribution < -0.4 is 5.32 Å². The van der Waals surface area contributed by atoms with Crippen molar-refractivity contribution in [1.82, 2.24) is 10.2 Å². The molecule has 0 saturated carbocycles. The number of hydrogen-bond acceptors (Lipinski definition) is 2. The molecule has 15 heavy (non-hydrogen) atoms. The van der Waals surface area contributed by atoms with Crippen LogP contribution in [-0.2, 0) is 0 Å². The van der Waals surface area contributed by atoms with E-state index >= 15 is 0 Å². The molecule has 2 unspecified atom stereocenters. The average Bonchev–Trinajstić information content (AvgIpc) is 2.78. The monoisotopic (exact) mass is 210 g/mol. The van der Waals surface area contributed by atoms with E-state index in [0.29, 0.717) is 5.54 Å². The molecule has 0 aliphatic carbocycles. The fourth-order valence-corrected chi connectivity index (χ4v) is 3.37. The van der Waals surface area contributed by atoms with Crippen LogP contribution in [0.2, 0.25) is 0 Å². The van der Waals surface area contributed by atoms with Crippen molar-refractivity contribution < 1.29 is 0 Å². The van der Waals surface area contributed by atoms with Crippen LogP contribution in [0.1, 0.15) is 46.0 Å². The van der Waals surface area contributed by atoms with Crippen LogP contribution in [0.4, 0.5) is 0 Å². The largest absolute Gasteiger partial charge is 0.310 e. The van der Waals surface area contributed by atoms with Crippen LogP contribution >= 0.6 is 0 Å². The van der Waals surface area contributed by atoms with E-state index in [1.807, 2.05) is 0 Å². The molecule has 0 spiro atoms. The lowest BCUT2D eigenvalue weighted by Crippen LogP contribution is -2.49. The van der Waals surface area contributed by atoms with Gasteiger partial charge in [0.15, 0.2) is 0 Å². The SMILES string of the molecule is CCCC1(CN2CCC(C)C2)CCCN1. The fraction of sp³-hybridized carbons (Fsp3) is 1.00. The third-order valence-electron chi connectivity index (χ3n) is 4.09. The van der Waals surface area contributed by atoms with E-state index < -0.39 is 0 Å². The molecule has 0 aromatic heterocycles. The molecule has 1 N–H and O–H groups in total. The van der Waals surface area contributed by atoms with Gasteiger partial charge in [-0.05, 0) is 44.7 Å². The van der Waals surface area contributed by atoms with Crippen LogP contribution in [0.15, 0.2) is 0 Å². The minimum Gasteiger partial charge on any atom is -0.310 e. The van der Waals surface area contributed by atoms with Crippen LogP contribution in [-0.4, -0.2) is 36.6 Å². The lowest BCUT2D eigenvalue weighted by molar-refractivity contribution is 0.209. The summed E-state index contributed by atoms with van der Waals surface area (Å²) in [5, 5.41) is 3.77. The van der Waals surface area contributed by atoms with Crippen molar-refractivity contribution in [2.75, 3.05) is 26.2 Å². The molecule has 2 nitrogen and oxygen atoms in total. The third kappa shape index (κ3) is 2.73. The summed E-state index contributed by atoms with van der Waals surface area (Å²) in [7, 11) is 0. The quantitative estimate of drug-likeness (QED) is 0.765. The fourth-order valence-electron chi connectivity index (χ4n) is 3.37. The Balaban J connectivity index is 1.89. The maximum atomic E-state index is 3.77. The lowest BCUT2D eigenvalue weighted by atomic mass is 9.91. The number of likely N-dealkylation sites (tertiary alicyclic amines) is 1. The first kappa shape index (κ1) is 11.4. The highest BCUT2D eigenvalue weighted by Gasteiger charge is 2.35. The summed E-state index contributed by atoms with van der Waals surface area (Å²) in [6, 6.07) is 0. The summed E-state index contributed by atoms with van der Waals surface area (Å²) in [5.41, 5.74) is 0.471. The number of hydrogen-bond donors (Lipinski definition) is 1. The molecular formula is C13H26N2. The predicted octanol–water partition coefficient (Wildman–Crippen LogP) is 2.25. The van der Waals surface area contributed by atoms with Crippen molar-refractivity contribution in [3.8, 4) is 0 Å². The summed E-state index contributed by atoms with van der Waals surface area (Å²) < 4.78 is 0. The van der Waals surface area contributed by atoms with Gasteiger partial charge in [0.2, 0.25) is 0 Å². The van der Waals surface area contributed by atoms with Gasteiger partial charge in [0.05, 0.1) is 0 Å². The summed E-state index contributed by atoms with van der Waals surface area (Å²) in [6.45, 7) is 9.89. The van der Waals surface area contributed by atoms with Gasteiger partial charge in [0.25, 0.3) is 0 Å². The second kappa shape index (κ2) is 4.84. The van der Waals surface area contributed by atoms with Gasteiger partial charge in [-0.25, -0.2) is 0 Å². The predicted molar refractivity (Wildman–Crippen MR) is 65.1 cm³/mol. The smallest absolute Gasteiger partial charge is 0.0309 e. The topological polar surface area (TPSA) is 15.3 Å². The normalized spacial score (nSPS) is 37.6. The minimum absolute atomic E-state index is 0.471. The molecule has 88 valence electrons. The Morgan fingerprint density at radius 1 is 1.47 bits per heavy atom. The molecule has 2 fully saturated rings. The molecule has 2 heteroatoms. The molecule has 0 aromatic carbocycles. The van der Waals surface area contributed by atoms with E-state index in [1.54, 1.807) is 0 Å². The van der Waals surface area contributed by atoms with Crippen molar-refractivity contribution in [1.29, 1.82) is 0 Å². The molecule has 2 rings (SSSR count). The molecule has 0 aromatic rings. The molecule has 2 aliphatic rings. The zero-order valence-electron chi connectivity index (χ0n) is 10.4. The average molecular weight is 210 g/mol. The highest BCUT2D eigenvalue weighted by molar-refractivity contribution is 4.96. The van der Waals surface area contributed by atoms with Crippen LogP contribution in [0.5, 0.6) is 0 Å². The summed E-state index contributed by atoms with van der Waals surface area (Å²) >= 11 is 0. The van der Waals surface area contributed by atoms with E-state index in [2.05, 4.69) is 24.1 Å². The second-order valence-corrected chi connectivity index (χ2v) is 5.69. The summed E-state index contributed by atoms with van der Waals surface area (Å²) in [6.07, 6.45) is 6.85. The molecule has 0 radical (unpaired) electrons. The van der Waals surface area contributed by atoms with Crippen molar-refractivity contribution in [3.05, 3.63) is 0 Å². The van der Waals surface area contributed by atoms with Gasteiger partial charge in [-0.15, -0.1) is 0 Å². The highest BCUT2D eigenvalue weighted by atomic mass is 15.2. The van der Waals surface area contributed by atoms with Crippen molar-refractivity contribution >= 4 is 0 Å². The standard InChI is InChI=1S/C13H26N2/c1-3-6-13(7-4-8-14-13)11-15-9-5-12(2)10-15/h12,14H,3-11H2,1-2H3. The number of nitrogens with zero attached hydrogens (tertiary/aromatic N) is 1. The highest BCUT2D eigenvalue weighted by Crippen LogP contribution is 2.28. The molecule has 2 aliphatic heterocycles. The van der Waals surface area contributed by atoms with Gasteiger partial charge in [0.1, 0.15) is 0 Å². The molecule has 0 bridgehead atoms. The van der Waals surface area contributed by atoms with Gasteiger partial charge in [-0.1, -0.05) is 20.3 Å². The number of rotatable bonds is 4. The van der Waals surface area contributed by atoms with E-state index in [9.17, 15) is 0 Å². The summed E-state index contributed by atoms with van der Waals surface area (Å²) in [5.74, 6) is 0.921. The van der Waals surface area contributed by atoms with E-state index in [-0.39, 0.29) is 0 Å². The first-order chi connectivity index (χ1) is 7.24. The van der Waals surface area contributed by atoms with Crippen molar-refractivity contribution in [2.24, 2.45) is 5.92 Å². The first-order valence-corrected chi connectivity index (χ1v) is 6.71. The Morgan fingerprint density at radius 3 is 2.87 bits per heavy atom. The Kier molecular flexibility index (Phi) is 3.68. The molecule has 2 atom stereocenters. The Morgan fingerprint density at radius 2 is 2.33 bits per heavy atom. The van der Waals surface area contributed by atoms with E-state index in [1.165, 1.54) is 58.3 Å². The van der Waals surface area contributed by atoms with Crippen LogP contribution in [0.3, 0.4) is 0 Å². The van der Waals surface area contributed by atoms with Gasteiger partial charge >= 0.3 is 0 Å². The lowest BCUT2D eigenvalue weighted by Gasteiger charge is -2.34. The van der Waals surface area contributed by atoms with Gasteiger partial charge in [0, 0.05) is 18.6 Å². The zero-order valence-corrected chi connectivity index (χ0v) is 10.4. The maximum absolute atomic E-state index is 3.77. The van der Waals surface area contributed by atoms with Crippen LogP contribution in [0, 0.1) is 5.92 Å². The van der Waals surface area contributed by atoms with Gasteiger partial charge in [-0.3, -0.25) is 0 Å². The van der Waals surface area contributed by atoms with E-state index in [4.69, 9.17) is 0 Å². The third-order valence-corrected chi connectivity index (χ3v) is 4.09. The molecular weight excluding hydrogens is 184 g/mol. The first-order valence-electron chi connectivity index (χ1n) is 6.71. The maximum Gasteiger partial charge on any atom is 0.0309 e. The van der Waals surface area contributed by atoms with Crippen LogP contribution in [0.25, 0.3) is 0 Å². The number of nitrogens with one attached hydrogen (secondary N) is 1. The Bertz CT molecular complexity index is 197. The molecule has 2 saturated heterocycles. The second-order valence-electron chi connectivity index (χ2n) is 5.69.